The Balaban J connectivity index is 2.56. The van der Waals surface area contributed by atoms with Crippen molar-refractivity contribution in [1.82, 2.24) is 0 Å². The zero-order chi connectivity index (χ0) is 11.3. The first-order chi connectivity index (χ1) is 7.13. The minimum Gasteiger partial charge on any atom is -0.486 e. The number of halogens is 1. The zero-order valence-electron chi connectivity index (χ0n) is 9.00. The van der Waals surface area contributed by atoms with E-state index >= 15 is 0 Å². The van der Waals surface area contributed by atoms with Crippen LogP contribution >= 0.6 is 11.6 Å². The Morgan fingerprint density at radius 2 is 2.20 bits per heavy atom. The molecule has 1 aromatic rings. The van der Waals surface area contributed by atoms with Crippen molar-refractivity contribution < 1.29 is 9.47 Å². The highest BCUT2D eigenvalue weighted by Gasteiger charge is 2.06. The van der Waals surface area contributed by atoms with Gasteiger partial charge in [0.15, 0.2) is 0 Å². The molecule has 1 unspecified atom stereocenters. The number of hydrogen-bond acceptors (Lipinski definition) is 3. The van der Waals surface area contributed by atoms with Crippen molar-refractivity contribution in [1.29, 1.82) is 0 Å². The van der Waals surface area contributed by atoms with Gasteiger partial charge in [0.25, 0.3) is 0 Å². The Labute approximate surface area is 95.1 Å². The maximum Gasteiger partial charge on any atom is 0.142 e. The molecule has 84 valence electrons. The number of benzene rings is 1. The lowest BCUT2D eigenvalue weighted by Gasteiger charge is -2.15. The van der Waals surface area contributed by atoms with Crippen LogP contribution < -0.4 is 10.5 Å². The number of nitrogens with two attached hydrogens (primary N) is 1. The first kappa shape index (κ1) is 12.1. The fourth-order valence-corrected chi connectivity index (χ4v) is 1.34. The molecule has 0 amide bonds. The Morgan fingerprint density at radius 3 is 2.80 bits per heavy atom. The highest BCUT2D eigenvalue weighted by Crippen LogP contribution is 2.25. The third-order valence-corrected chi connectivity index (χ3v) is 2.09. The summed E-state index contributed by atoms with van der Waals surface area (Å²) in [6.45, 7) is 5.12. The van der Waals surface area contributed by atoms with Gasteiger partial charge in [-0.15, -0.1) is 0 Å². The van der Waals surface area contributed by atoms with Crippen LogP contribution in [0.25, 0.3) is 0 Å². The molecule has 1 aromatic carbocycles. The first-order valence-corrected chi connectivity index (χ1v) is 5.30. The molecule has 0 saturated heterocycles. The highest BCUT2D eigenvalue weighted by molar-refractivity contribution is 6.30. The normalized spacial score (nSPS) is 12.5. The van der Waals surface area contributed by atoms with E-state index in [1.54, 1.807) is 18.2 Å². The summed E-state index contributed by atoms with van der Waals surface area (Å²) in [7, 11) is 0. The molecule has 15 heavy (non-hydrogen) atoms. The predicted octanol–water partition coefficient (Wildman–Crippen LogP) is 2.73. The van der Waals surface area contributed by atoms with Gasteiger partial charge in [0.05, 0.1) is 12.3 Å². The molecule has 2 N–H and O–H groups in total. The second kappa shape index (κ2) is 5.83. The predicted molar refractivity (Wildman–Crippen MR) is 62.4 cm³/mol. The lowest BCUT2D eigenvalue weighted by molar-refractivity contribution is 0.0661. The fourth-order valence-electron chi connectivity index (χ4n) is 1.16. The van der Waals surface area contributed by atoms with Crippen LogP contribution in [0.5, 0.6) is 5.75 Å². The van der Waals surface area contributed by atoms with E-state index in [0.29, 0.717) is 29.7 Å². The highest BCUT2D eigenvalue weighted by atomic mass is 35.5. The summed E-state index contributed by atoms with van der Waals surface area (Å²) in [6.07, 6.45) is -0.0200. The van der Waals surface area contributed by atoms with Gasteiger partial charge in [0.2, 0.25) is 0 Å². The standard InChI is InChI=1S/C11H16ClNO2/c1-3-14-7-8(2)15-11-5-4-9(12)6-10(11)13/h4-6,8H,3,7,13H2,1-2H3. The lowest BCUT2D eigenvalue weighted by Crippen LogP contribution is -2.19. The van der Waals surface area contributed by atoms with Crippen molar-refractivity contribution in [2.45, 2.75) is 20.0 Å². The fraction of sp³-hybridized carbons (Fsp3) is 0.455. The van der Waals surface area contributed by atoms with E-state index in [-0.39, 0.29) is 6.10 Å². The Morgan fingerprint density at radius 1 is 1.47 bits per heavy atom. The van der Waals surface area contributed by atoms with E-state index in [1.165, 1.54) is 0 Å². The van der Waals surface area contributed by atoms with Crippen LogP contribution in [-0.2, 0) is 4.74 Å². The quantitative estimate of drug-likeness (QED) is 0.790. The third-order valence-electron chi connectivity index (χ3n) is 1.86. The van der Waals surface area contributed by atoms with E-state index in [0.717, 1.165) is 0 Å². The van der Waals surface area contributed by atoms with Gasteiger partial charge in [-0.3, -0.25) is 0 Å². The Kier molecular flexibility index (Phi) is 4.72. The van der Waals surface area contributed by atoms with Crippen molar-refractivity contribution in [3.05, 3.63) is 23.2 Å². The molecule has 0 aliphatic carbocycles. The van der Waals surface area contributed by atoms with E-state index < -0.39 is 0 Å². The zero-order valence-corrected chi connectivity index (χ0v) is 9.75. The van der Waals surface area contributed by atoms with Crippen LogP contribution in [-0.4, -0.2) is 19.3 Å². The van der Waals surface area contributed by atoms with E-state index in [4.69, 9.17) is 26.8 Å². The molecule has 0 fully saturated rings. The van der Waals surface area contributed by atoms with Gasteiger partial charge >= 0.3 is 0 Å². The summed E-state index contributed by atoms with van der Waals surface area (Å²) in [4.78, 5) is 0. The Hall–Kier alpha value is -0.930. The number of anilines is 1. The molecular weight excluding hydrogens is 214 g/mol. The first-order valence-electron chi connectivity index (χ1n) is 4.93. The van der Waals surface area contributed by atoms with Gasteiger partial charge in [0, 0.05) is 11.6 Å². The Bertz CT molecular complexity index is 317. The van der Waals surface area contributed by atoms with Crippen LogP contribution in [0.3, 0.4) is 0 Å². The van der Waals surface area contributed by atoms with Gasteiger partial charge in [-0.25, -0.2) is 0 Å². The van der Waals surface area contributed by atoms with Gasteiger partial charge in [-0.05, 0) is 32.0 Å². The van der Waals surface area contributed by atoms with Crippen molar-refractivity contribution in [2.75, 3.05) is 18.9 Å². The molecule has 0 bridgehead atoms. The van der Waals surface area contributed by atoms with Gasteiger partial charge in [-0.2, -0.15) is 0 Å². The summed E-state index contributed by atoms with van der Waals surface area (Å²) in [5.74, 6) is 0.645. The summed E-state index contributed by atoms with van der Waals surface area (Å²) in [5, 5.41) is 0.609. The van der Waals surface area contributed by atoms with Crippen molar-refractivity contribution in [3.63, 3.8) is 0 Å². The summed E-state index contributed by atoms with van der Waals surface area (Å²) < 4.78 is 10.8. The third kappa shape index (κ3) is 3.98. The van der Waals surface area contributed by atoms with Gasteiger partial charge in [0.1, 0.15) is 11.9 Å². The number of rotatable bonds is 5. The molecule has 0 radical (unpaired) electrons. The van der Waals surface area contributed by atoms with E-state index in [9.17, 15) is 0 Å². The van der Waals surface area contributed by atoms with Crippen LogP contribution in [0.2, 0.25) is 5.02 Å². The molecule has 1 rings (SSSR count). The number of nitrogen functional groups attached to an aromatic ring is 1. The molecule has 4 heteroatoms. The summed E-state index contributed by atoms with van der Waals surface area (Å²) in [6, 6.07) is 5.19. The smallest absolute Gasteiger partial charge is 0.142 e. The molecule has 0 aromatic heterocycles. The summed E-state index contributed by atoms with van der Waals surface area (Å²) in [5.41, 5.74) is 6.30. The van der Waals surface area contributed by atoms with Crippen LogP contribution in [0.4, 0.5) is 5.69 Å². The monoisotopic (exact) mass is 229 g/mol. The second-order valence-electron chi connectivity index (χ2n) is 3.27. The largest absolute Gasteiger partial charge is 0.486 e. The van der Waals surface area contributed by atoms with Gasteiger partial charge < -0.3 is 15.2 Å². The lowest BCUT2D eigenvalue weighted by atomic mass is 10.3. The number of ether oxygens (including phenoxy) is 2. The maximum absolute atomic E-state index is 5.78. The summed E-state index contributed by atoms with van der Waals surface area (Å²) >= 11 is 5.78. The molecule has 0 aliphatic rings. The van der Waals surface area contributed by atoms with Crippen LogP contribution in [0.1, 0.15) is 13.8 Å². The molecule has 0 aliphatic heterocycles. The molecular formula is C11H16ClNO2. The van der Waals surface area contributed by atoms with Crippen molar-refractivity contribution in [3.8, 4) is 5.75 Å². The molecule has 0 saturated carbocycles. The second-order valence-corrected chi connectivity index (χ2v) is 3.71. The van der Waals surface area contributed by atoms with E-state index in [2.05, 4.69) is 0 Å². The van der Waals surface area contributed by atoms with Crippen molar-refractivity contribution >= 4 is 17.3 Å². The average molecular weight is 230 g/mol. The average Bonchev–Trinajstić information content (AvgIpc) is 2.19. The van der Waals surface area contributed by atoms with E-state index in [1.807, 2.05) is 13.8 Å². The number of hydrogen-bond donors (Lipinski definition) is 1. The van der Waals surface area contributed by atoms with Crippen molar-refractivity contribution in [2.24, 2.45) is 0 Å². The molecule has 3 nitrogen and oxygen atoms in total. The SMILES string of the molecule is CCOCC(C)Oc1ccc(Cl)cc1N. The minimum absolute atomic E-state index is 0.0200. The maximum atomic E-state index is 5.78. The molecule has 0 heterocycles. The van der Waals surface area contributed by atoms with Crippen LogP contribution in [0, 0.1) is 0 Å². The molecule has 1 atom stereocenters. The van der Waals surface area contributed by atoms with Gasteiger partial charge in [-0.1, -0.05) is 11.6 Å². The van der Waals surface area contributed by atoms with Crippen LogP contribution in [0.15, 0.2) is 18.2 Å². The topological polar surface area (TPSA) is 44.5 Å². The minimum atomic E-state index is -0.0200. The molecule has 0 spiro atoms.